The Hall–Kier alpha value is -1.81. The summed E-state index contributed by atoms with van der Waals surface area (Å²) in [4.78, 5) is 2.35. The van der Waals surface area contributed by atoms with Crippen molar-refractivity contribution < 1.29 is 5.11 Å². The number of aliphatic hydroxyl groups is 1. The zero-order valence-corrected chi connectivity index (χ0v) is 14.7. The number of benzene rings is 1. The zero-order chi connectivity index (χ0) is 16.8. The van der Waals surface area contributed by atoms with Crippen molar-refractivity contribution in [3.63, 3.8) is 0 Å². The minimum atomic E-state index is -0.447. The predicted molar refractivity (Wildman–Crippen MR) is 95.9 cm³/mol. The quantitative estimate of drug-likeness (QED) is 0.810. The second-order valence-corrected chi connectivity index (χ2v) is 6.27. The normalized spacial score (nSPS) is 12.6. The first-order valence-electron chi connectivity index (χ1n) is 8.54. The Bertz CT molecular complexity index is 591. The van der Waals surface area contributed by atoms with Crippen molar-refractivity contribution in [3.05, 3.63) is 47.8 Å². The van der Waals surface area contributed by atoms with Crippen molar-refractivity contribution in [2.45, 2.75) is 59.2 Å². The van der Waals surface area contributed by atoms with Crippen LogP contribution in [0.3, 0.4) is 0 Å². The van der Waals surface area contributed by atoms with Crippen LogP contribution in [0, 0.1) is 13.8 Å². The molecule has 0 radical (unpaired) electrons. The second-order valence-electron chi connectivity index (χ2n) is 6.27. The van der Waals surface area contributed by atoms with E-state index in [0.717, 1.165) is 12.8 Å². The highest BCUT2D eigenvalue weighted by molar-refractivity contribution is 5.51. The van der Waals surface area contributed by atoms with Crippen LogP contribution in [0.2, 0.25) is 0 Å². The number of nitrogens with zero attached hydrogens (tertiary/aromatic N) is 3. The van der Waals surface area contributed by atoms with Crippen LogP contribution in [0.5, 0.6) is 0 Å². The Labute approximate surface area is 139 Å². The molecule has 0 spiro atoms. The van der Waals surface area contributed by atoms with Gasteiger partial charge in [-0.2, -0.15) is 5.10 Å². The van der Waals surface area contributed by atoms with Gasteiger partial charge in [-0.05, 0) is 56.0 Å². The highest BCUT2D eigenvalue weighted by Gasteiger charge is 2.20. The number of aliphatic hydroxyl groups excluding tert-OH is 1. The largest absolute Gasteiger partial charge is 0.389 e. The van der Waals surface area contributed by atoms with Gasteiger partial charge in [0.15, 0.2) is 0 Å². The van der Waals surface area contributed by atoms with E-state index in [0.29, 0.717) is 19.1 Å². The molecule has 0 aliphatic heterocycles. The fourth-order valence-electron chi connectivity index (χ4n) is 3.01. The van der Waals surface area contributed by atoms with E-state index < -0.39 is 6.10 Å². The van der Waals surface area contributed by atoms with Crippen LogP contribution < -0.4 is 4.90 Å². The molecule has 0 fully saturated rings. The third-order valence-electron chi connectivity index (χ3n) is 4.57. The Kier molecular flexibility index (Phi) is 6.22. The monoisotopic (exact) mass is 315 g/mol. The number of anilines is 1. The van der Waals surface area contributed by atoms with Gasteiger partial charge in [-0.25, -0.2) is 0 Å². The first-order valence-corrected chi connectivity index (χ1v) is 8.54. The topological polar surface area (TPSA) is 41.3 Å². The van der Waals surface area contributed by atoms with Gasteiger partial charge in [0.25, 0.3) is 0 Å². The minimum Gasteiger partial charge on any atom is -0.389 e. The Balaban J connectivity index is 2.17. The van der Waals surface area contributed by atoms with E-state index in [1.807, 2.05) is 12.3 Å². The minimum absolute atomic E-state index is 0.435. The van der Waals surface area contributed by atoms with Crippen molar-refractivity contribution in [3.8, 4) is 0 Å². The molecular formula is C19H29N3O. The molecule has 0 amide bonds. The van der Waals surface area contributed by atoms with E-state index in [1.54, 1.807) is 10.9 Å². The average molecular weight is 315 g/mol. The van der Waals surface area contributed by atoms with Crippen molar-refractivity contribution in [1.82, 2.24) is 9.78 Å². The zero-order valence-electron chi connectivity index (χ0n) is 14.7. The molecule has 0 saturated heterocycles. The van der Waals surface area contributed by atoms with Crippen LogP contribution in [0.25, 0.3) is 0 Å². The standard InChI is InChI=1S/C19H29N3O/c1-5-17(6-2)22(18-9-8-15(3)16(4)12-18)14-19(23)13-21-11-7-10-20-21/h7-12,17,19,23H,5-6,13-14H2,1-4H3. The first-order chi connectivity index (χ1) is 11.0. The molecule has 2 rings (SSSR count). The van der Waals surface area contributed by atoms with Crippen LogP contribution in [-0.4, -0.2) is 33.6 Å². The Morgan fingerprint density at radius 3 is 2.48 bits per heavy atom. The van der Waals surface area contributed by atoms with Crippen LogP contribution >= 0.6 is 0 Å². The second kappa shape index (κ2) is 8.16. The lowest BCUT2D eigenvalue weighted by Crippen LogP contribution is -2.41. The van der Waals surface area contributed by atoms with Crippen molar-refractivity contribution in [2.24, 2.45) is 0 Å². The molecule has 0 saturated carbocycles. The van der Waals surface area contributed by atoms with Gasteiger partial charge in [0.2, 0.25) is 0 Å². The molecule has 4 heteroatoms. The molecule has 0 aliphatic carbocycles. The molecule has 126 valence electrons. The maximum atomic E-state index is 10.5. The highest BCUT2D eigenvalue weighted by atomic mass is 16.3. The molecular weight excluding hydrogens is 286 g/mol. The summed E-state index contributed by atoms with van der Waals surface area (Å²) in [7, 11) is 0. The van der Waals surface area contributed by atoms with Gasteiger partial charge in [0.05, 0.1) is 12.6 Å². The third-order valence-corrected chi connectivity index (χ3v) is 4.57. The van der Waals surface area contributed by atoms with Crippen molar-refractivity contribution in [1.29, 1.82) is 0 Å². The molecule has 1 unspecified atom stereocenters. The lowest BCUT2D eigenvalue weighted by molar-refractivity contribution is 0.151. The SMILES string of the molecule is CCC(CC)N(CC(O)Cn1cccn1)c1ccc(C)c(C)c1. The lowest BCUT2D eigenvalue weighted by Gasteiger charge is -2.34. The van der Waals surface area contributed by atoms with Crippen molar-refractivity contribution >= 4 is 5.69 Å². The Morgan fingerprint density at radius 2 is 1.91 bits per heavy atom. The number of aromatic nitrogens is 2. The lowest BCUT2D eigenvalue weighted by atomic mass is 10.0. The van der Waals surface area contributed by atoms with Gasteiger partial charge in [0.1, 0.15) is 0 Å². The van der Waals surface area contributed by atoms with E-state index in [-0.39, 0.29) is 0 Å². The summed E-state index contributed by atoms with van der Waals surface area (Å²) in [5.74, 6) is 0. The van der Waals surface area contributed by atoms with Gasteiger partial charge in [0, 0.05) is 30.7 Å². The molecule has 2 aromatic rings. The van der Waals surface area contributed by atoms with E-state index >= 15 is 0 Å². The van der Waals surface area contributed by atoms with Gasteiger partial charge in [-0.1, -0.05) is 19.9 Å². The molecule has 1 aromatic carbocycles. The molecule has 1 aromatic heterocycles. The summed E-state index contributed by atoms with van der Waals surface area (Å²) >= 11 is 0. The number of rotatable bonds is 8. The summed E-state index contributed by atoms with van der Waals surface area (Å²) in [5, 5.41) is 14.7. The van der Waals surface area contributed by atoms with E-state index in [9.17, 15) is 5.11 Å². The highest BCUT2D eigenvalue weighted by Crippen LogP contribution is 2.24. The summed E-state index contributed by atoms with van der Waals surface area (Å²) in [5.41, 5.74) is 3.79. The van der Waals surface area contributed by atoms with Gasteiger partial charge in [-0.15, -0.1) is 0 Å². The maximum Gasteiger partial charge on any atom is 0.0910 e. The number of aryl methyl sites for hydroxylation is 2. The van der Waals surface area contributed by atoms with Crippen LogP contribution in [-0.2, 0) is 6.54 Å². The van der Waals surface area contributed by atoms with E-state index in [4.69, 9.17) is 0 Å². The van der Waals surface area contributed by atoms with E-state index in [1.165, 1.54) is 16.8 Å². The summed E-state index contributed by atoms with van der Waals surface area (Å²) in [6.45, 7) is 9.84. The van der Waals surface area contributed by atoms with Gasteiger partial charge in [-0.3, -0.25) is 4.68 Å². The van der Waals surface area contributed by atoms with Crippen LogP contribution in [0.15, 0.2) is 36.7 Å². The van der Waals surface area contributed by atoms with Crippen molar-refractivity contribution in [2.75, 3.05) is 11.4 Å². The summed E-state index contributed by atoms with van der Waals surface area (Å²) in [6, 6.07) is 8.88. The van der Waals surface area contributed by atoms with Crippen LogP contribution in [0.4, 0.5) is 5.69 Å². The van der Waals surface area contributed by atoms with Gasteiger partial charge >= 0.3 is 0 Å². The number of hydrogen-bond acceptors (Lipinski definition) is 3. The third kappa shape index (κ3) is 4.58. The molecule has 1 N–H and O–H groups in total. The number of hydrogen-bond donors (Lipinski definition) is 1. The Morgan fingerprint density at radius 1 is 1.17 bits per heavy atom. The van der Waals surface area contributed by atoms with E-state index in [2.05, 4.69) is 55.9 Å². The fourth-order valence-corrected chi connectivity index (χ4v) is 3.01. The summed E-state index contributed by atoms with van der Waals surface area (Å²) in [6.07, 6.45) is 5.32. The molecule has 1 atom stereocenters. The predicted octanol–water partition coefficient (Wildman–Crippen LogP) is 3.56. The molecule has 4 nitrogen and oxygen atoms in total. The first kappa shape index (κ1) is 17.5. The molecule has 0 bridgehead atoms. The average Bonchev–Trinajstić information content (AvgIpc) is 3.03. The molecule has 23 heavy (non-hydrogen) atoms. The fraction of sp³-hybridized carbons (Fsp3) is 0.526. The van der Waals surface area contributed by atoms with Gasteiger partial charge < -0.3 is 10.0 Å². The molecule has 1 heterocycles. The maximum absolute atomic E-state index is 10.5. The molecule has 0 aliphatic rings. The summed E-state index contributed by atoms with van der Waals surface area (Å²) < 4.78 is 1.79. The van der Waals surface area contributed by atoms with Crippen LogP contribution in [0.1, 0.15) is 37.8 Å². The smallest absolute Gasteiger partial charge is 0.0910 e.